The zero-order valence-electron chi connectivity index (χ0n) is 14.4. The lowest BCUT2D eigenvalue weighted by atomic mass is 10.0. The number of carbonyl (C=O) groups is 1. The highest BCUT2D eigenvalue weighted by molar-refractivity contribution is 6.09. The quantitative estimate of drug-likeness (QED) is 0.408. The molecular formula is C19H18O6. The van der Waals surface area contributed by atoms with Gasteiger partial charge in [0.2, 0.25) is 5.75 Å². The summed E-state index contributed by atoms with van der Waals surface area (Å²) in [6.07, 6.45) is 4.47. The Kier molecular flexibility index (Phi) is 4.12. The van der Waals surface area contributed by atoms with E-state index in [2.05, 4.69) is 0 Å². The molecule has 3 aromatic rings. The Morgan fingerprint density at radius 3 is 2.52 bits per heavy atom. The summed E-state index contributed by atoms with van der Waals surface area (Å²) in [5, 5.41) is 1.36. The van der Waals surface area contributed by atoms with E-state index in [1.165, 1.54) is 25.5 Å². The smallest absolute Gasteiger partial charge is 0.336 e. The monoisotopic (exact) mass is 342 g/mol. The van der Waals surface area contributed by atoms with E-state index in [9.17, 15) is 9.59 Å². The molecule has 6 nitrogen and oxygen atoms in total. The first-order valence-electron chi connectivity index (χ1n) is 7.72. The molecule has 0 radical (unpaired) electrons. The number of carbonyl (C=O) groups excluding carboxylic acids is 1. The lowest BCUT2D eigenvalue weighted by molar-refractivity contribution is -0.148. The Morgan fingerprint density at radius 2 is 1.84 bits per heavy atom. The molecule has 0 aliphatic carbocycles. The largest absolute Gasteiger partial charge is 0.490 e. The number of fused-ring (bicyclic) bond motifs is 2. The molecule has 0 amide bonds. The lowest BCUT2D eigenvalue weighted by Crippen LogP contribution is -2.22. The van der Waals surface area contributed by atoms with Crippen molar-refractivity contribution in [1.82, 2.24) is 0 Å². The summed E-state index contributed by atoms with van der Waals surface area (Å²) in [5.41, 5.74) is 0.295. The molecule has 3 rings (SSSR count). The maximum absolute atomic E-state index is 12.0. The van der Waals surface area contributed by atoms with E-state index in [4.69, 9.17) is 18.3 Å². The second kappa shape index (κ2) is 6.12. The van der Waals surface area contributed by atoms with Crippen LogP contribution in [0.2, 0.25) is 0 Å². The van der Waals surface area contributed by atoms with Gasteiger partial charge < -0.3 is 18.3 Å². The van der Waals surface area contributed by atoms with Crippen molar-refractivity contribution in [3.05, 3.63) is 46.5 Å². The first-order chi connectivity index (χ1) is 11.8. The van der Waals surface area contributed by atoms with Crippen molar-refractivity contribution < 1.29 is 23.1 Å². The van der Waals surface area contributed by atoms with Crippen LogP contribution >= 0.6 is 0 Å². The third-order valence-corrected chi connectivity index (χ3v) is 3.49. The Hall–Kier alpha value is -3.02. The van der Waals surface area contributed by atoms with Crippen LogP contribution in [0.15, 0.2) is 44.2 Å². The van der Waals surface area contributed by atoms with Crippen molar-refractivity contribution in [2.45, 2.75) is 26.4 Å². The molecule has 0 spiro atoms. The Morgan fingerprint density at radius 1 is 1.12 bits per heavy atom. The molecule has 0 saturated heterocycles. The molecule has 2 aromatic heterocycles. The van der Waals surface area contributed by atoms with Crippen molar-refractivity contribution in [3.63, 3.8) is 0 Å². The molecular weight excluding hydrogens is 324 g/mol. The van der Waals surface area contributed by atoms with Gasteiger partial charge in [0.25, 0.3) is 0 Å². The topological polar surface area (TPSA) is 78.9 Å². The molecule has 0 unspecified atom stereocenters. The Balaban J connectivity index is 2.21. The van der Waals surface area contributed by atoms with E-state index in [-0.39, 0.29) is 5.58 Å². The van der Waals surface area contributed by atoms with E-state index >= 15 is 0 Å². The third kappa shape index (κ3) is 3.28. The predicted molar refractivity (Wildman–Crippen MR) is 93.7 cm³/mol. The molecule has 25 heavy (non-hydrogen) atoms. The van der Waals surface area contributed by atoms with Gasteiger partial charge in [0.05, 0.1) is 13.4 Å². The number of hydrogen-bond acceptors (Lipinski definition) is 6. The van der Waals surface area contributed by atoms with Gasteiger partial charge in [-0.1, -0.05) is 0 Å². The van der Waals surface area contributed by atoms with E-state index in [0.717, 1.165) is 5.39 Å². The van der Waals surface area contributed by atoms with Crippen molar-refractivity contribution in [2.75, 3.05) is 7.11 Å². The summed E-state index contributed by atoms with van der Waals surface area (Å²) >= 11 is 0. The minimum atomic E-state index is -0.582. The van der Waals surface area contributed by atoms with Crippen LogP contribution in [0.1, 0.15) is 26.3 Å². The summed E-state index contributed by atoms with van der Waals surface area (Å²) in [7, 11) is 1.47. The molecule has 0 aliphatic rings. The molecule has 0 N–H and O–H groups in total. The number of methoxy groups -OCH3 is 1. The van der Waals surface area contributed by atoms with Crippen molar-refractivity contribution in [1.29, 1.82) is 0 Å². The molecule has 0 fully saturated rings. The number of hydrogen-bond donors (Lipinski definition) is 0. The van der Waals surface area contributed by atoms with Crippen molar-refractivity contribution >= 4 is 34.0 Å². The summed E-state index contributed by atoms with van der Waals surface area (Å²) in [4.78, 5) is 23.6. The van der Waals surface area contributed by atoms with Crippen LogP contribution in [-0.4, -0.2) is 18.7 Å². The van der Waals surface area contributed by atoms with Crippen LogP contribution in [0, 0.1) is 0 Å². The Bertz CT molecular complexity index is 1030. The maximum atomic E-state index is 12.0. The van der Waals surface area contributed by atoms with Crippen LogP contribution < -0.4 is 10.4 Å². The van der Waals surface area contributed by atoms with Crippen LogP contribution in [0.3, 0.4) is 0 Å². The number of rotatable bonds is 3. The number of esters is 1. The highest BCUT2D eigenvalue weighted by Gasteiger charge is 2.19. The van der Waals surface area contributed by atoms with Gasteiger partial charge in [-0.25, -0.2) is 9.59 Å². The molecule has 0 aliphatic heterocycles. The lowest BCUT2D eigenvalue weighted by Gasteiger charge is -2.18. The molecule has 0 bridgehead atoms. The number of furan rings is 1. The zero-order valence-corrected chi connectivity index (χ0v) is 14.4. The standard InChI is InChI=1S/C19H18O6/c1-19(2,3)25-15(21)8-5-11-12-6-7-14(20)24-17(12)18(22-4)16-13(11)9-10-23-16/h5-10H,1-4H3/b8-5+. The average molecular weight is 342 g/mol. The van der Waals surface area contributed by atoms with E-state index in [1.54, 1.807) is 39.0 Å². The first kappa shape index (κ1) is 16.8. The van der Waals surface area contributed by atoms with Crippen LogP contribution in [-0.2, 0) is 9.53 Å². The van der Waals surface area contributed by atoms with Gasteiger partial charge in [0, 0.05) is 22.9 Å². The van der Waals surface area contributed by atoms with Gasteiger partial charge in [-0.15, -0.1) is 0 Å². The molecule has 6 heteroatoms. The SMILES string of the molecule is COc1c2occc2c(/C=C/C(=O)OC(C)(C)C)c2ccc(=O)oc12. The molecule has 130 valence electrons. The van der Waals surface area contributed by atoms with Gasteiger partial charge in [0.1, 0.15) is 5.60 Å². The average Bonchev–Trinajstić information content (AvgIpc) is 2.98. The van der Waals surface area contributed by atoms with E-state index in [1.807, 2.05) is 0 Å². The fraction of sp³-hybridized carbons (Fsp3) is 0.263. The van der Waals surface area contributed by atoms with Crippen LogP contribution in [0.4, 0.5) is 0 Å². The Labute approximate surface area is 143 Å². The normalized spacial score (nSPS) is 12.2. The van der Waals surface area contributed by atoms with Gasteiger partial charge in [-0.2, -0.15) is 0 Å². The summed E-state index contributed by atoms with van der Waals surface area (Å²) in [6.45, 7) is 5.39. The van der Waals surface area contributed by atoms with Gasteiger partial charge in [-0.3, -0.25) is 0 Å². The minimum Gasteiger partial charge on any atom is -0.490 e. The van der Waals surface area contributed by atoms with Crippen LogP contribution in [0.25, 0.3) is 28.0 Å². The minimum absolute atomic E-state index is 0.265. The number of ether oxygens (including phenoxy) is 2. The fourth-order valence-electron chi connectivity index (χ4n) is 2.59. The second-order valence-corrected chi connectivity index (χ2v) is 6.47. The zero-order chi connectivity index (χ0) is 18.2. The third-order valence-electron chi connectivity index (χ3n) is 3.49. The highest BCUT2D eigenvalue weighted by atomic mass is 16.6. The molecule has 2 heterocycles. The van der Waals surface area contributed by atoms with Gasteiger partial charge >= 0.3 is 11.6 Å². The van der Waals surface area contributed by atoms with E-state index < -0.39 is 17.2 Å². The molecule has 0 atom stereocenters. The van der Waals surface area contributed by atoms with Gasteiger partial charge in [-0.05, 0) is 44.5 Å². The fourth-order valence-corrected chi connectivity index (χ4v) is 2.59. The summed E-state index contributed by atoms with van der Waals surface area (Å²) < 4.78 is 21.4. The van der Waals surface area contributed by atoms with Crippen LogP contribution in [0.5, 0.6) is 5.75 Å². The summed E-state index contributed by atoms with van der Waals surface area (Å²) in [6, 6.07) is 4.71. The molecule has 0 saturated carbocycles. The number of benzene rings is 1. The van der Waals surface area contributed by atoms with Crippen molar-refractivity contribution in [2.24, 2.45) is 0 Å². The van der Waals surface area contributed by atoms with E-state index in [0.29, 0.717) is 22.3 Å². The highest BCUT2D eigenvalue weighted by Crippen LogP contribution is 2.38. The van der Waals surface area contributed by atoms with Gasteiger partial charge in [0.15, 0.2) is 11.2 Å². The maximum Gasteiger partial charge on any atom is 0.336 e. The molecule has 1 aromatic carbocycles. The second-order valence-electron chi connectivity index (χ2n) is 6.47. The van der Waals surface area contributed by atoms with Crippen molar-refractivity contribution in [3.8, 4) is 5.75 Å². The first-order valence-corrected chi connectivity index (χ1v) is 7.72. The summed E-state index contributed by atoms with van der Waals surface area (Å²) in [5.74, 6) is -0.132. The predicted octanol–water partition coefficient (Wildman–Crippen LogP) is 3.90.